The van der Waals surface area contributed by atoms with Crippen molar-refractivity contribution in [3.8, 4) is 0 Å². The summed E-state index contributed by atoms with van der Waals surface area (Å²) in [6.45, 7) is 9.22. The molecule has 4 nitrogen and oxygen atoms in total. The number of hydrogen-bond acceptors (Lipinski definition) is 4. The molecule has 0 bridgehead atoms. The molecule has 0 aliphatic carbocycles. The quantitative estimate of drug-likeness (QED) is 0.824. The van der Waals surface area contributed by atoms with Crippen molar-refractivity contribution in [3.05, 3.63) is 40.0 Å². The number of nitrogens with one attached hydrogen (secondary N) is 2. The monoisotopic (exact) mass is 348 g/mol. The fourth-order valence-corrected chi connectivity index (χ4v) is 2.39. The number of halogens is 1. The molecular formula is C16H21BrN4. The van der Waals surface area contributed by atoms with Crippen LogP contribution in [0.3, 0.4) is 0 Å². The van der Waals surface area contributed by atoms with E-state index < -0.39 is 0 Å². The number of aryl methyl sites for hydroxylation is 2. The minimum Gasteiger partial charge on any atom is -0.354 e. The van der Waals surface area contributed by atoms with Crippen molar-refractivity contribution in [1.29, 1.82) is 0 Å². The fourth-order valence-electron chi connectivity index (χ4n) is 1.91. The fraction of sp³-hybridized carbons (Fsp3) is 0.375. The highest BCUT2D eigenvalue weighted by Gasteiger charge is 2.05. The van der Waals surface area contributed by atoms with Gasteiger partial charge in [0.05, 0.1) is 0 Å². The van der Waals surface area contributed by atoms with Gasteiger partial charge in [-0.2, -0.15) is 4.98 Å². The van der Waals surface area contributed by atoms with Crippen molar-refractivity contribution in [2.45, 2.75) is 27.7 Å². The first-order valence-electron chi connectivity index (χ1n) is 7.07. The predicted octanol–water partition coefficient (Wildman–Crippen LogP) is 4.67. The lowest BCUT2D eigenvalue weighted by Crippen LogP contribution is -2.11. The molecular weight excluding hydrogens is 328 g/mol. The molecule has 5 heteroatoms. The van der Waals surface area contributed by atoms with Gasteiger partial charge >= 0.3 is 0 Å². The second-order valence-electron chi connectivity index (χ2n) is 5.58. The van der Waals surface area contributed by atoms with Crippen molar-refractivity contribution in [1.82, 2.24) is 9.97 Å². The molecule has 1 aromatic carbocycles. The van der Waals surface area contributed by atoms with E-state index in [1.807, 2.05) is 25.1 Å². The third kappa shape index (κ3) is 4.70. The highest BCUT2D eigenvalue weighted by Crippen LogP contribution is 2.23. The molecule has 0 atom stereocenters. The van der Waals surface area contributed by atoms with Crippen molar-refractivity contribution in [3.63, 3.8) is 0 Å². The Labute approximate surface area is 134 Å². The highest BCUT2D eigenvalue weighted by atomic mass is 79.9. The number of hydrogen-bond donors (Lipinski definition) is 2. The molecule has 0 amide bonds. The van der Waals surface area contributed by atoms with Crippen LogP contribution in [0.5, 0.6) is 0 Å². The van der Waals surface area contributed by atoms with Crippen LogP contribution in [0.4, 0.5) is 17.5 Å². The summed E-state index contributed by atoms with van der Waals surface area (Å²) >= 11 is 3.48. The smallest absolute Gasteiger partial charge is 0.224 e. The summed E-state index contributed by atoms with van der Waals surface area (Å²) in [5, 5.41) is 6.62. The molecule has 0 spiro atoms. The van der Waals surface area contributed by atoms with Gasteiger partial charge in [0.2, 0.25) is 5.95 Å². The van der Waals surface area contributed by atoms with Crippen LogP contribution in [-0.4, -0.2) is 16.5 Å². The Balaban J connectivity index is 2.19. The van der Waals surface area contributed by atoms with Crippen molar-refractivity contribution >= 4 is 33.4 Å². The second kappa shape index (κ2) is 6.89. The molecule has 2 rings (SSSR count). The summed E-state index contributed by atoms with van der Waals surface area (Å²) in [7, 11) is 0. The van der Waals surface area contributed by atoms with E-state index in [2.05, 4.69) is 63.4 Å². The molecule has 0 saturated heterocycles. The Hall–Kier alpha value is -1.62. The summed E-state index contributed by atoms with van der Waals surface area (Å²) in [5.41, 5.74) is 3.15. The van der Waals surface area contributed by atoms with Crippen LogP contribution in [0.1, 0.15) is 25.1 Å². The lowest BCUT2D eigenvalue weighted by atomic mass is 10.2. The van der Waals surface area contributed by atoms with Gasteiger partial charge in [-0.25, -0.2) is 4.98 Å². The number of benzene rings is 1. The minimum absolute atomic E-state index is 0.555. The van der Waals surface area contributed by atoms with Crippen LogP contribution in [0.2, 0.25) is 0 Å². The Kier molecular flexibility index (Phi) is 5.17. The van der Waals surface area contributed by atoms with Gasteiger partial charge < -0.3 is 10.6 Å². The topological polar surface area (TPSA) is 49.8 Å². The molecule has 0 aliphatic heterocycles. The zero-order valence-electron chi connectivity index (χ0n) is 12.9. The summed E-state index contributed by atoms with van der Waals surface area (Å²) in [6.07, 6.45) is 0. The van der Waals surface area contributed by atoms with Gasteiger partial charge in [-0.1, -0.05) is 29.8 Å². The molecule has 1 aromatic heterocycles. The average Bonchev–Trinajstić information content (AvgIpc) is 2.39. The van der Waals surface area contributed by atoms with Crippen molar-refractivity contribution < 1.29 is 0 Å². The van der Waals surface area contributed by atoms with Crippen molar-refractivity contribution in [2.75, 3.05) is 17.2 Å². The van der Waals surface area contributed by atoms with Gasteiger partial charge in [-0.3, -0.25) is 0 Å². The number of rotatable bonds is 5. The average molecular weight is 349 g/mol. The SMILES string of the molecule is Cc1cc(Nc2ccc(Br)cc2C)nc(NCC(C)C)n1. The maximum Gasteiger partial charge on any atom is 0.224 e. The molecule has 0 fully saturated rings. The standard InChI is InChI=1S/C16H21BrN4/c1-10(2)9-18-16-19-12(4)8-15(21-16)20-14-6-5-13(17)7-11(14)3/h5-8,10H,9H2,1-4H3,(H2,18,19,20,21). The van der Waals surface area contributed by atoms with E-state index in [0.717, 1.165) is 33.8 Å². The molecule has 1 heterocycles. The predicted molar refractivity (Wildman–Crippen MR) is 92.3 cm³/mol. The normalized spacial score (nSPS) is 10.8. The van der Waals surface area contributed by atoms with Gasteiger partial charge in [0.1, 0.15) is 5.82 Å². The van der Waals surface area contributed by atoms with Gasteiger partial charge in [-0.05, 0) is 43.5 Å². The molecule has 0 saturated carbocycles. The number of aromatic nitrogens is 2. The lowest BCUT2D eigenvalue weighted by molar-refractivity contribution is 0.684. The molecule has 112 valence electrons. The van der Waals surface area contributed by atoms with Gasteiger partial charge in [0.25, 0.3) is 0 Å². The zero-order valence-corrected chi connectivity index (χ0v) is 14.5. The van der Waals surface area contributed by atoms with Crippen LogP contribution in [0, 0.1) is 19.8 Å². The first-order valence-corrected chi connectivity index (χ1v) is 7.86. The molecule has 2 aromatic rings. The van der Waals surface area contributed by atoms with Gasteiger partial charge in [-0.15, -0.1) is 0 Å². The maximum atomic E-state index is 4.52. The molecule has 0 aliphatic rings. The Morgan fingerprint density at radius 1 is 1.14 bits per heavy atom. The second-order valence-corrected chi connectivity index (χ2v) is 6.49. The zero-order chi connectivity index (χ0) is 15.4. The molecule has 0 unspecified atom stereocenters. The van der Waals surface area contributed by atoms with E-state index in [0.29, 0.717) is 11.9 Å². The van der Waals surface area contributed by atoms with E-state index >= 15 is 0 Å². The number of anilines is 3. The molecule has 0 radical (unpaired) electrons. The lowest BCUT2D eigenvalue weighted by Gasteiger charge is -2.12. The summed E-state index contributed by atoms with van der Waals surface area (Å²) in [6, 6.07) is 8.08. The van der Waals surface area contributed by atoms with E-state index in [9.17, 15) is 0 Å². The largest absolute Gasteiger partial charge is 0.354 e. The number of nitrogens with zero attached hydrogens (tertiary/aromatic N) is 2. The van der Waals surface area contributed by atoms with Crippen LogP contribution in [-0.2, 0) is 0 Å². The van der Waals surface area contributed by atoms with Crippen LogP contribution < -0.4 is 10.6 Å². The van der Waals surface area contributed by atoms with E-state index in [4.69, 9.17) is 0 Å². The van der Waals surface area contributed by atoms with Crippen LogP contribution >= 0.6 is 15.9 Å². The van der Waals surface area contributed by atoms with Crippen LogP contribution in [0.15, 0.2) is 28.7 Å². The molecule has 21 heavy (non-hydrogen) atoms. The Bertz CT molecular complexity index is 626. The minimum atomic E-state index is 0.555. The highest BCUT2D eigenvalue weighted by molar-refractivity contribution is 9.10. The summed E-state index contributed by atoms with van der Waals surface area (Å²) < 4.78 is 1.07. The van der Waals surface area contributed by atoms with Gasteiger partial charge in [0.15, 0.2) is 0 Å². The third-order valence-corrected chi connectivity index (χ3v) is 3.47. The molecule has 2 N–H and O–H groups in total. The Morgan fingerprint density at radius 2 is 1.90 bits per heavy atom. The van der Waals surface area contributed by atoms with Crippen LogP contribution in [0.25, 0.3) is 0 Å². The van der Waals surface area contributed by atoms with E-state index in [-0.39, 0.29) is 0 Å². The summed E-state index contributed by atoms with van der Waals surface area (Å²) in [5.74, 6) is 2.03. The van der Waals surface area contributed by atoms with E-state index in [1.54, 1.807) is 0 Å². The van der Waals surface area contributed by atoms with E-state index in [1.165, 1.54) is 0 Å². The third-order valence-electron chi connectivity index (χ3n) is 2.97. The Morgan fingerprint density at radius 3 is 2.57 bits per heavy atom. The summed E-state index contributed by atoms with van der Waals surface area (Å²) in [4.78, 5) is 8.93. The van der Waals surface area contributed by atoms with Crippen molar-refractivity contribution in [2.24, 2.45) is 5.92 Å². The first-order chi connectivity index (χ1) is 9.94. The van der Waals surface area contributed by atoms with Gasteiger partial charge in [0, 0.05) is 28.5 Å². The first kappa shape index (κ1) is 15.8. The maximum absolute atomic E-state index is 4.52.